The second kappa shape index (κ2) is 10.9. The van der Waals surface area contributed by atoms with Gasteiger partial charge in [-0.2, -0.15) is 0 Å². The fraction of sp³-hybridized carbons (Fsp3) is 0.276. The summed E-state index contributed by atoms with van der Waals surface area (Å²) >= 11 is 6.40. The number of hydrogen-bond acceptors (Lipinski definition) is 6. The van der Waals surface area contributed by atoms with Crippen LogP contribution in [-0.4, -0.2) is 42.6 Å². The molecule has 39 heavy (non-hydrogen) atoms. The topological polar surface area (TPSA) is 94.2 Å². The highest BCUT2D eigenvalue weighted by molar-refractivity contribution is 6.34. The first-order valence-corrected chi connectivity index (χ1v) is 12.7. The van der Waals surface area contributed by atoms with Gasteiger partial charge < -0.3 is 19.5 Å². The molecule has 2 aliphatic rings. The third-order valence-electron chi connectivity index (χ3n) is 7.22. The average Bonchev–Trinajstić information content (AvgIpc) is 3.53. The Bertz CT molecular complexity index is 1420. The zero-order valence-electron chi connectivity index (χ0n) is 21.2. The van der Waals surface area contributed by atoms with Crippen LogP contribution >= 0.6 is 11.6 Å². The summed E-state index contributed by atoms with van der Waals surface area (Å²) in [6, 6.07) is 15.6. The van der Waals surface area contributed by atoms with Crippen LogP contribution in [0.3, 0.4) is 0 Å². The summed E-state index contributed by atoms with van der Waals surface area (Å²) < 4.78 is 29.4. The number of carbonyl (C=O) groups is 3. The molecule has 202 valence electrons. The molecule has 1 fully saturated rings. The van der Waals surface area contributed by atoms with Crippen molar-refractivity contribution in [2.75, 3.05) is 13.9 Å². The van der Waals surface area contributed by atoms with E-state index in [4.69, 9.17) is 25.8 Å². The highest BCUT2D eigenvalue weighted by Crippen LogP contribution is 2.49. The van der Waals surface area contributed by atoms with Gasteiger partial charge in [0.25, 0.3) is 0 Å². The lowest BCUT2D eigenvalue weighted by molar-refractivity contribution is -0.126. The van der Waals surface area contributed by atoms with Crippen LogP contribution in [0.25, 0.3) is 0 Å². The second-order valence-corrected chi connectivity index (χ2v) is 9.86. The summed E-state index contributed by atoms with van der Waals surface area (Å²) in [5, 5.41) is 3.10. The molecule has 1 N–H and O–H groups in total. The molecule has 1 saturated heterocycles. The van der Waals surface area contributed by atoms with Crippen LogP contribution in [0.15, 0.2) is 66.7 Å². The van der Waals surface area contributed by atoms with Crippen LogP contribution in [0.1, 0.15) is 34.5 Å². The van der Waals surface area contributed by atoms with Crippen molar-refractivity contribution in [1.82, 2.24) is 10.2 Å². The van der Waals surface area contributed by atoms with Crippen molar-refractivity contribution in [1.29, 1.82) is 0 Å². The van der Waals surface area contributed by atoms with Crippen molar-refractivity contribution in [3.05, 3.63) is 94.3 Å². The van der Waals surface area contributed by atoms with Crippen LogP contribution in [0.2, 0.25) is 5.02 Å². The van der Waals surface area contributed by atoms with Gasteiger partial charge in [0.05, 0.1) is 24.1 Å². The number of fused-ring (bicyclic) bond motifs is 1. The smallest absolute Gasteiger partial charge is 0.410 e. The van der Waals surface area contributed by atoms with Gasteiger partial charge in [-0.15, -0.1) is 0 Å². The van der Waals surface area contributed by atoms with Crippen LogP contribution in [0.4, 0.5) is 9.18 Å². The number of carbonyl (C=O) groups excluding carboxylic acids is 3. The van der Waals surface area contributed by atoms with E-state index in [1.54, 1.807) is 61.5 Å². The minimum Gasteiger partial charge on any atom is -0.454 e. The number of rotatable bonds is 6. The Morgan fingerprint density at radius 1 is 1.05 bits per heavy atom. The molecule has 0 radical (unpaired) electrons. The number of amides is 2. The third kappa shape index (κ3) is 5.02. The van der Waals surface area contributed by atoms with Gasteiger partial charge in [0.2, 0.25) is 12.7 Å². The molecule has 0 bridgehead atoms. The van der Waals surface area contributed by atoms with Gasteiger partial charge >= 0.3 is 6.09 Å². The van der Waals surface area contributed by atoms with Gasteiger partial charge in [-0.05, 0) is 53.4 Å². The van der Waals surface area contributed by atoms with Gasteiger partial charge in [-0.25, -0.2) is 9.18 Å². The van der Waals surface area contributed by atoms with Crippen molar-refractivity contribution in [3.8, 4) is 11.5 Å². The van der Waals surface area contributed by atoms with Gasteiger partial charge in [-0.3, -0.25) is 14.5 Å². The molecular formula is C29H26ClFN2O6. The van der Waals surface area contributed by atoms with Crippen molar-refractivity contribution < 1.29 is 33.0 Å². The molecule has 4 unspecified atom stereocenters. The van der Waals surface area contributed by atoms with Crippen molar-refractivity contribution in [2.24, 2.45) is 11.8 Å². The molecule has 0 aromatic heterocycles. The minimum absolute atomic E-state index is 0.0526. The molecule has 2 amide bonds. The lowest BCUT2D eigenvalue weighted by Crippen LogP contribution is -2.48. The van der Waals surface area contributed by atoms with E-state index in [0.717, 1.165) is 0 Å². The van der Waals surface area contributed by atoms with E-state index >= 15 is 0 Å². The fourth-order valence-corrected chi connectivity index (χ4v) is 5.59. The van der Waals surface area contributed by atoms with E-state index in [2.05, 4.69) is 5.32 Å². The van der Waals surface area contributed by atoms with Crippen LogP contribution in [0, 0.1) is 17.7 Å². The summed E-state index contributed by atoms with van der Waals surface area (Å²) in [4.78, 5) is 42.3. The number of methoxy groups -OCH3 is 1. The summed E-state index contributed by atoms with van der Waals surface area (Å²) in [6.07, 6.45) is -0.763. The largest absolute Gasteiger partial charge is 0.454 e. The van der Waals surface area contributed by atoms with E-state index in [9.17, 15) is 18.8 Å². The van der Waals surface area contributed by atoms with E-state index < -0.39 is 35.9 Å². The molecule has 5 rings (SSSR count). The zero-order valence-corrected chi connectivity index (χ0v) is 22.0. The normalized spacial score (nSPS) is 21.5. The number of Topliss-reactive ketones (excluding diaryl/α,β-unsaturated/α-hetero) is 1. The molecule has 2 aliphatic heterocycles. The van der Waals surface area contributed by atoms with Crippen LogP contribution in [0.5, 0.6) is 11.5 Å². The molecule has 3 aromatic carbocycles. The Hall–Kier alpha value is -4.11. The monoisotopic (exact) mass is 552 g/mol. The van der Waals surface area contributed by atoms with Crippen molar-refractivity contribution in [2.45, 2.75) is 25.6 Å². The zero-order chi connectivity index (χ0) is 27.7. The Morgan fingerprint density at radius 2 is 1.77 bits per heavy atom. The maximum Gasteiger partial charge on any atom is 0.410 e. The standard InChI is InChI=1S/C29H26ClFN2O6/c1-16-24(27(34)20-5-3-4-6-21(20)30)26(18-9-12-22-23(13-18)39-15-38-22)33(29(36)37-2)25(16)28(35)32-14-17-7-10-19(31)11-8-17/h3-13,16,24-26H,14-15H2,1-2H3,(H,32,35). The third-order valence-corrected chi connectivity index (χ3v) is 7.55. The maximum absolute atomic E-state index is 14.0. The summed E-state index contributed by atoms with van der Waals surface area (Å²) in [5.41, 5.74) is 1.55. The van der Waals surface area contributed by atoms with Crippen LogP contribution in [-0.2, 0) is 16.1 Å². The first-order chi connectivity index (χ1) is 18.8. The van der Waals surface area contributed by atoms with E-state index in [1.807, 2.05) is 0 Å². The van der Waals surface area contributed by atoms with Crippen molar-refractivity contribution in [3.63, 3.8) is 0 Å². The van der Waals surface area contributed by atoms with E-state index in [1.165, 1.54) is 24.1 Å². The Kier molecular flexibility index (Phi) is 7.43. The Labute approximate surface area is 229 Å². The highest BCUT2D eigenvalue weighted by Gasteiger charge is 2.56. The first kappa shape index (κ1) is 26.5. The van der Waals surface area contributed by atoms with Crippen molar-refractivity contribution >= 4 is 29.4 Å². The number of ketones is 1. The average molecular weight is 553 g/mol. The Morgan fingerprint density at radius 3 is 2.49 bits per heavy atom. The quantitative estimate of drug-likeness (QED) is 0.425. The SMILES string of the molecule is COC(=O)N1C(C(=O)NCc2ccc(F)cc2)C(C)C(C(=O)c2ccccc2Cl)C1c1ccc2c(c1)OCO2. The molecule has 0 spiro atoms. The van der Waals surface area contributed by atoms with Gasteiger partial charge in [0.1, 0.15) is 11.9 Å². The molecule has 2 heterocycles. The first-order valence-electron chi connectivity index (χ1n) is 12.4. The number of likely N-dealkylation sites (tertiary alicyclic amines) is 1. The summed E-state index contributed by atoms with van der Waals surface area (Å²) in [5.74, 6) is -1.63. The van der Waals surface area contributed by atoms with E-state index in [0.29, 0.717) is 28.2 Å². The van der Waals surface area contributed by atoms with Gasteiger partial charge in [0.15, 0.2) is 17.3 Å². The lowest BCUT2D eigenvalue weighted by Gasteiger charge is -2.30. The number of nitrogens with one attached hydrogen (secondary N) is 1. The molecule has 10 heteroatoms. The summed E-state index contributed by atoms with van der Waals surface area (Å²) in [6.45, 7) is 1.91. The predicted molar refractivity (Wildman–Crippen MR) is 140 cm³/mol. The second-order valence-electron chi connectivity index (χ2n) is 9.45. The fourth-order valence-electron chi connectivity index (χ4n) is 5.36. The highest BCUT2D eigenvalue weighted by atomic mass is 35.5. The molecule has 3 aromatic rings. The van der Waals surface area contributed by atoms with Gasteiger partial charge in [0, 0.05) is 12.1 Å². The number of hydrogen-bond donors (Lipinski definition) is 1. The van der Waals surface area contributed by atoms with E-state index in [-0.39, 0.29) is 30.0 Å². The number of nitrogens with zero attached hydrogens (tertiary/aromatic N) is 1. The summed E-state index contributed by atoms with van der Waals surface area (Å²) in [7, 11) is 1.22. The molecule has 8 nitrogen and oxygen atoms in total. The lowest BCUT2D eigenvalue weighted by atomic mass is 9.80. The molecule has 4 atom stereocenters. The maximum atomic E-state index is 14.0. The molecule has 0 aliphatic carbocycles. The Balaban J connectivity index is 1.56. The number of benzene rings is 3. The molecular weight excluding hydrogens is 527 g/mol. The van der Waals surface area contributed by atoms with Crippen LogP contribution < -0.4 is 14.8 Å². The predicted octanol–water partition coefficient (Wildman–Crippen LogP) is 5.15. The van der Waals surface area contributed by atoms with Gasteiger partial charge in [-0.1, -0.05) is 48.9 Å². The molecule has 0 saturated carbocycles. The minimum atomic E-state index is -1.05. The number of halogens is 2. The number of ether oxygens (including phenoxy) is 3.